The van der Waals surface area contributed by atoms with E-state index in [1.165, 1.54) is 47.1 Å². The first-order chi connectivity index (χ1) is 11.6. The van der Waals surface area contributed by atoms with Crippen LogP contribution in [0.15, 0.2) is 46.2 Å². The molecule has 126 valence electrons. The van der Waals surface area contributed by atoms with Gasteiger partial charge in [0.1, 0.15) is 38.0 Å². The van der Waals surface area contributed by atoms with Gasteiger partial charge < -0.3 is 14.9 Å². The zero-order chi connectivity index (χ0) is 16.7. The van der Waals surface area contributed by atoms with Crippen LogP contribution in [0.5, 0.6) is 5.75 Å². The van der Waals surface area contributed by atoms with E-state index < -0.39 is 0 Å². The molecule has 3 N–H and O–H groups in total. The number of aromatic hydroxyl groups is 1. The van der Waals surface area contributed by atoms with Crippen LogP contribution in [-0.4, -0.2) is 38.3 Å². The average molecular weight is 363 g/mol. The number of phenols is 1. The van der Waals surface area contributed by atoms with Crippen LogP contribution < -0.4 is 9.80 Å². The van der Waals surface area contributed by atoms with Gasteiger partial charge in [0.15, 0.2) is 0 Å². The molecule has 2 aromatic rings. The van der Waals surface area contributed by atoms with Gasteiger partial charge in [0.25, 0.3) is 0 Å². The van der Waals surface area contributed by atoms with Gasteiger partial charge >= 0.3 is 0 Å². The van der Waals surface area contributed by atoms with E-state index in [0.717, 1.165) is 11.4 Å². The molecule has 2 aromatic carbocycles. The number of fused-ring (bicyclic) bond motifs is 2. The molecule has 2 aliphatic heterocycles. The second-order valence-electron chi connectivity index (χ2n) is 6.95. The van der Waals surface area contributed by atoms with Gasteiger partial charge in [-0.25, -0.2) is 0 Å². The van der Waals surface area contributed by atoms with Gasteiger partial charge in [-0.2, -0.15) is 0 Å². The Bertz CT molecular complexity index is 759. The van der Waals surface area contributed by atoms with E-state index >= 15 is 0 Å². The molecule has 0 aromatic heterocycles. The van der Waals surface area contributed by atoms with Crippen LogP contribution in [0.2, 0.25) is 5.02 Å². The fourth-order valence-corrected chi connectivity index (χ4v) is 5.19. The number of rotatable bonds is 1. The van der Waals surface area contributed by atoms with Crippen molar-refractivity contribution in [2.75, 3.05) is 33.2 Å². The molecule has 4 rings (SSSR count). The maximum atomic E-state index is 9.87. The molecule has 1 atom stereocenters. The van der Waals surface area contributed by atoms with Gasteiger partial charge in [-0.3, -0.25) is 0 Å². The average Bonchev–Trinajstić information content (AvgIpc) is 2.72. The van der Waals surface area contributed by atoms with Crippen molar-refractivity contribution in [3.63, 3.8) is 0 Å². The van der Waals surface area contributed by atoms with Crippen LogP contribution in [0.4, 0.5) is 0 Å². The number of quaternary nitrogens is 2. The van der Waals surface area contributed by atoms with Gasteiger partial charge in [0.2, 0.25) is 0 Å². The summed E-state index contributed by atoms with van der Waals surface area (Å²) in [6.45, 7) is 4.83. The van der Waals surface area contributed by atoms with E-state index in [0.29, 0.717) is 11.8 Å². The Kier molecular flexibility index (Phi) is 4.48. The highest BCUT2D eigenvalue weighted by molar-refractivity contribution is 7.99. The molecule has 0 amide bonds. The summed E-state index contributed by atoms with van der Waals surface area (Å²) in [5.41, 5.74) is 2.69. The number of halogens is 1. The maximum Gasteiger partial charge on any atom is 0.127 e. The number of hydrogen-bond acceptors (Lipinski definition) is 2. The highest BCUT2D eigenvalue weighted by Gasteiger charge is 2.33. The molecule has 3 nitrogen and oxygen atoms in total. The molecule has 1 fully saturated rings. The van der Waals surface area contributed by atoms with E-state index in [1.807, 2.05) is 18.2 Å². The number of hydrogen-bond donors (Lipinski definition) is 3. The first-order valence-electron chi connectivity index (χ1n) is 8.55. The SMILES string of the molecule is C[NH+]1CC[NH+]([C@H]2Cc3ccc(O)cc3Sc3ccc(Cl)cc32)CC1. The molecule has 2 aliphatic rings. The lowest BCUT2D eigenvalue weighted by atomic mass is 9.96. The minimum atomic E-state index is 0.339. The Labute approximate surface area is 152 Å². The zero-order valence-electron chi connectivity index (χ0n) is 13.8. The topological polar surface area (TPSA) is 29.1 Å². The summed E-state index contributed by atoms with van der Waals surface area (Å²) in [6, 6.07) is 12.5. The number of likely N-dealkylation sites (N-methyl/N-ethyl adjacent to an activating group) is 1. The molecule has 0 bridgehead atoms. The first kappa shape index (κ1) is 16.3. The second kappa shape index (κ2) is 6.60. The quantitative estimate of drug-likeness (QED) is 0.711. The molecular formula is C19H23ClN2OS+2. The minimum absolute atomic E-state index is 0.339. The van der Waals surface area contributed by atoms with Crippen LogP contribution in [0.3, 0.4) is 0 Å². The van der Waals surface area contributed by atoms with Gasteiger partial charge in [-0.05, 0) is 35.9 Å². The Morgan fingerprint density at radius 3 is 2.62 bits per heavy atom. The molecule has 1 saturated heterocycles. The Morgan fingerprint density at radius 2 is 1.83 bits per heavy atom. The van der Waals surface area contributed by atoms with Gasteiger partial charge in [-0.1, -0.05) is 29.4 Å². The van der Waals surface area contributed by atoms with Crippen LogP contribution in [0.1, 0.15) is 17.2 Å². The van der Waals surface area contributed by atoms with Crippen molar-refractivity contribution in [3.8, 4) is 5.75 Å². The molecule has 0 aliphatic carbocycles. The Balaban J connectivity index is 1.77. The molecule has 0 spiro atoms. The fraction of sp³-hybridized carbons (Fsp3) is 0.368. The molecular weight excluding hydrogens is 340 g/mol. The maximum absolute atomic E-state index is 9.87. The minimum Gasteiger partial charge on any atom is -0.508 e. The lowest BCUT2D eigenvalue weighted by Gasteiger charge is -2.33. The lowest BCUT2D eigenvalue weighted by molar-refractivity contribution is -1.02. The largest absolute Gasteiger partial charge is 0.508 e. The lowest BCUT2D eigenvalue weighted by Crippen LogP contribution is -3.27. The number of phenolic OH excluding ortho intramolecular Hbond substituents is 1. The molecule has 0 unspecified atom stereocenters. The summed E-state index contributed by atoms with van der Waals surface area (Å²) in [5.74, 6) is 0.339. The van der Waals surface area contributed by atoms with E-state index in [-0.39, 0.29) is 0 Å². The summed E-state index contributed by atoms with van der Waals surface area (Å²) in [7, 11) is 2.28. The van der Waals surface area contributed by atoms with Crippen LogP contribution in [0, 0.1) is 0 Å². The van der Waals surface area contributed by atoms with E-state index in [1.54, 1.807) is 21.6 Å². The Hall–Kier alpha value is -1.20. The summed E-state index contributed by atoms with van der Waals surface area (Å²) in [6.07, 6.45) is 1.00. The molecule has 0 saturated carbocycles. The number of benzene rings is 2. The summed E-state index contributed by atoms with van der Waals surface area (Å²) in [4.78, 5) is 5.72. The predicted molar refractivity (Wildman–Crippen MR) is 97.4 cm³/mol. The molecule has 2 heterocycles. The third-order valence-electron chi connectivity index (χ3n) is 5.28. The van der Waals surface area contributed by atoms with Crippen molar-refractivity contribution in [1.29, 1.82) is 0 Å². The normalized spacial score (nSPS) is 26.3. The van der Waals surface area contributed by atoms with Crippen LogP contribution >= 0.6 is 23.4 Å². The van der Waals surface area contributed by atoms with Gasteiger partial charge in [0.05, 0.1) is 7.05 Å². The third-order valence-corrected chi connectivity index (χ3v) is 6.71. The van der Waals surface area contributed by atoms with Crippen molar-refractivity contribution in [3.05, 3.63) is 52.5 Å². The van der Waals surface area contributed by atoms with Crippen molar-refractivity contribution in [1.82, 2.24) is 0 Å². The van der Waals surface area contributed by atoms with E-state index in [2.05, 4.69) is 25.2 Å². The smallest absolute Gasteiger partial charge is 0.127 e. The van der Waals surface area contributed by atoms with Gasteiger partial charge in [-0.15, -0.1) is 0 Å². The van der Waals surface area contributed by atoms with Crippen LogP contribution in [-0.2, 0) is 6.42 Å². The highest BCUT2D eigenvalue weighted by Crippen LogP contribution is 2.42. The third kappa shape index (κ3) is 3.16. The van der Waals surface area contributed by atoms with E-state index in [4.69, 9.17) is 11.6 Å². The highest BCUT2D eigenvalue weighted by atomic mass is 35.5. The number of piperazine rings is 1. The summed E-state index contributed by atoms with van der Waals surface area (Å²) < 4.78 is 0. The molecule has 5 heteroatoms. The first-order valence-corrected chi connectivity index (χ1v) is 9.74. The zero-order valence-corrected chi connectivity index (χ0v) is 15.4. The van der Waals surface area contributed by atoms with Crippen LogP contribution in [0.25, 0.3) is 0 Å². The number of nitrogens with one attached hydrogen (secondary N) is 2. The van der Waals surface area contributed by atoms with Crippen molar-refractivity contribution >= 4 is 23.4 Å². The molecule has 24 heavy (non-hydrogen) atoms. The Morgan fingerprint density at radius 1 is 1.04 bits per heavy atom. The predicted octanol–water partition coefficient (Wildman–Crippen LogP) is 1.21. The summed E-state index contributed by atoms with van der Waals surface area (Å²) in [5, 5.41) is 10.7. The van der Waals surface area contributed by atoms with Crippen molar-refractivity contribution in [2.45, 2.75) is 22.3 Å². The van der Waals surface area contributed by atoms with Gasteiger partial charge in [0, 0.05) is 26.8 Å². The van der Waals surface area contributed by atoms with Crippen molar-refractivity contribution < 1.29 is 14.9 Å². The molecule has 0 radical (unpaired) electrons. The van der Waals surface area contributed by atoms with E-state index in [9.17, 15) is 5.11 Å². The monoisotopic (exact) mass is 362 g/mol. The fourth-order valence-electron chi connectivity index (χ4n) is 3.85. The second-order valence-corrected chi connectivity index (χ2v) is 8.47. The standard InChI is InChI=1S/C19H21ClN2OS/c1-21-6-8-22(9-7-21)17-10-13-2-4-15(23)12-19(13)24-18-5-3-14(20)11-16(17)18/h2-5,11-12,17,23H,6-10H2,1H3/p+2/t17-/m0/s1. The summed E-state index contributed by atoms with van der Waals surface area (Å²) >= 11 is 8.09. The van der Waals surface area contributed by atoms with Crippen molar-refractivity contribution in [2.24, 2.45) is 0 Å².